The molecule has 3 aromatic rings. The van der Waals surface area contributed by atoms with Crippen LogP contribution in [0.25, 0.3) is 0 Å². The third-order valence-corrected chi connectivity index (χ3v) is 10.6. The van der Waals surface area contributed by atoms with E-state index in [9.17, 15) is 21.6 Å². The molecule has 0 bridgehead atoms. The number of amides is 1. The maximum absolute atomic E-state index is 12.9. The van der Waals surface area contributed by atoms with Crippen molar-refractivity contribution in [2.24, 2.45) is 5.92 Å². The van der Waals surface area contributed by atoms with Gasteiger partial charge in [0.2, 0.25) is 15.9 Å². The SMILES string of the molecule is Cc1ccc(NS(=O)(=O)c2ccc(NC(=O)C3CCN(S(=O)(=O)Cc4ccc(Cl)cc4Cl)CC3)cc2)cc1C. The Bertz CT molecular complexity index is 1590. The summed E-state index contributed by atoms with van der Waals surface area (Å²) in [6.07, 6.45) is 0.734. The van der Waals surface area contributed by atoms with Gasteiger partial charge in [-0.2, -0.15) is 0 Å². The van der Waals surface area contributed by atoms with Crippen molar-refractivity contribution in [1.29, 1.82) is 0 Å². The van der Waals surface area contributed by atoms with Gasteiger partial charge >= 0.3 is 0 Å². The van der Waals surface area contributed by atoms with Crippen LogP contribution in [0.2, 0.25) is 10.0 Å². The Morgan fingerprint density at radius 1 is 0.872 bits per heavy atom. The smallest absolute Gasteiger partial charge is 0.261 e. The first-order chi connectivity index (χ1) is 18.3. The van der Waals surface area contributed by atoms with E-state index in [1.165, 1.54) is 34.6 Å². The summed E-state index contributed by atoms with van der Waals surface area (Å²) in [5.41, 5.74) is 3.43. The number of piperidine rings is 1. The third kappa shape index (κ3) is 7.32. The fourth-order valence-corrected chi connectivity index (χ4v) is 7.50. The Labute approximate surface area is 239 Å². The van der Waals surface area contributed by atoms with Crippen molar-refractivity contribution in [1.82, 2.24) is 4.31 Å². The topological polar surface area (TPSA) is 113 Å². The molecule has 1 saturated heterocycles. The average Bonchev–Trinajstić information content (AvgIpc) is 2.88. The number of sulfonamides is 2. The van der Waals surface area contributed by atoms with Crippen molar-refractivity contribution in [3.8, 4) is 0 Å². The quantitative estimate of drug-likeness (QED) is 0.345. The van der Waals surface area contributed by atoms with Crippen molar-refractivity contribution >= 4 is 60.5 Å². The van der Waals surface area contributed by atoms with Crippen molar-refractivity contribution in [3.05, 3.63) is 87.4 Å². The van der Waals surface area contributed by atoms with E-state index in [0.29, 0.717) is 39.8 Å². The van der Waals surface area contributed by atoms with Gasteiger partial charge in [-0.15, -0.1) is 0 Å². The molecule has 3 aromatic carbocycles. The molecule has 1 aliphatic heterocycles. The fraction of sp³-hybridized carbons (Fsp3) is 0.296. The van der Waals surface area contributed by atoms with Crippen LogP contribution in [-0.2, 0) is 30.6 Å². The van der Waals surface area contributed by atoms with Gasteiger partial charge in [0.1, 0.15) is 0 Å². The molecule has 0 aromatic heterocycles. The van der Waals surface area contributed by atoms with E-state index in [4.69, 9.17) is 23.2 Å². The Morgan fingerprint density at radius 3 is 2.13 bits per heavy atom. The number of aryl methyl sites for hydroxylation is 2. The van der Waals surface area contributed by atoms with Crippen LogP contribution in [0.1, 0.15) is 29.5 Å². The molecule has 4 rings (SSSR count). The molecule has 1 heterocycles. The Morgan fingerprint density at radius 2 is 1.51 bits per heavy atom. The summed E-state index contributed by atoms with van der Waals surface area (Å²) in [5.74, 6) is -0.852. The minimum absolute atomic E-state index is 0.0676. The molecule has 0 atom stereocenters. The highest BCUT2D eigenvalue weighted by molar-refractivity contribution is 7.92. The monoisotopic (exact) mass is 609 g/mol. The molecule has 12 heteroatoms. The minimum atomic E-state index is -3.80. The number of nitrogens with zero attached hydrogens (tertiary/aromatic N) is 1. The average molecular weight is 611 g/mol. The van der Waals surface area contributed by atoms with Gasteiger partial charge in [0, 0.05) is 40.4 Å². The molecule has 0 unspecified atom stereocenters. The molecule has 0 aliphatic carbocycles. The van der Waals surface area contributed by atoms with Gasteiger partial charge in [-0.25, -0.2) is 21.1 Å². The summed E-state index contributed by atoms with van der Waals surface area (Å²) in [4.78, 5) is 12.9. The lowest BCUT2D eigenvalue weighted by molar-refractivity contribution is -0.120. The van der Waals surface area contributed by atoms with Crippen LogP contribution in [-0.4, -0.2) is 40.1 Å². The molecule has 8 nitrogen and oxygen atoms in total. The van der Waals surface area contributed by atoms with Gasteiger partial charge in [0.15, 0.2) is 0 Å². The number of nitrogens with one attached hydrogen (secondary N) is 2. The number of rotatable bonds is 8. The van der Waals surface area contributed by atoms with Gasteiger partial charge in [0.25, 0.3) is 10.0 Å². The Kier molecular flexibility index (Phi) is 8.92. The lowest BCUT2D eigenvalue weighted by atomic mass is 9.97. The number of carbonyl (C=O) groups is 1. The number of hydrogen-bond acceptors (Lipinski definition) is 5. The summed E-state index contributed by atoms with van der Waals surface area (Å²) in [7, 11) is -7.41. The highest BCUT2D eigenvalue weighted by Gasteiger charge is 2.31. The van der Waals surface area contributed by atoms with Crippen LogP contribution >= 0.6 is 23.2 Å². The second-order valence-corrected chi connectivity index (χ2v) is 14.1. The maximum Gasteiger partial charge on any atom is 0.261 e. The van der Waals surface area contributed by atoms with E-state index in [0.717, 1.165) is 11.1 Å². The Hall–Kier alpha value is -2.63. The molecule has 39 heavy (non-hydrogen) atoms. The summed E-state index contributed by atoms with van der Waals surface area (Å²) in [6.45, 7) is 4.29. The van der Waals surface area contributed by atoms with E-state index in [1.54, 1.807) is 24.3 Å². The second kappa shape index (κ2) is 11.9. The number of hydrogen-bond donors (Lipinski definition) is 2. The summed E-state index contributed by atoms with van der Waals surface area (Å²) in [5, 5.41) is 3.53. The third-order valence-electron chi connectivity index (χ3n) is 6.76. The van der Waals surface area contributed by atoms with Crippen molar-refractivity contribution in [2.75, 3.05) is 23.1 Å². The zero-order chi connectivity index (χ0) is 28.4. The fourth-order valence-electron chi connectivity index (χ4n) is 4.30. The van der Waals surface area contributed by atoms with Crippen LogP contribution in [0.15, 0.2) is 65.6 Å². The molecule has 1 amide bonds. The molecule has 1 fully saturated rings. The summed E-state index contributed by atoms with van der Waals surface area (Å²) in [6, 6.07) is 15.9. The zero-order valence-corrected chi connectivity index (χ0v) is 24.6. The first-order valence-electron chi connectivity index (χ1n) is 12.3. The molecule has 208 valence electrons. The molecule has 2 N–H and O–H groups in total. The Balaban J connectivity index is 1.32. The first-order valence-corrected chi connectivity index (χ1v) is 16.1. The minimum Gasteiger partial charge on any atom is -0.326 e. The molecule has 0 spiro atoms. The molecular weight excluding hydrogens is 581 g/mol. The molecule has 0 saturated carbocycles. The van der Waals surface area contributed by atoms with Gasteiger partial charge in [0.05, 0.1) is 10.6 Å². The van der Waals surface area contributed by atoms with Gasteiger partial charge in [-0.05, 0) is 91.9 Å². The molecule has 1 aliphatic rings. The highest BCUT2D eigenvalue weighted by atomic mass is 35.5. The van der Waals surface area contributed by atoms with Gasteiger partial charge < -0.3 is 5.32 Å². The van der Waals surface area contributed by atoms with Crippen molar-refractivity contribution in [2.45, 2.75) is 37.3 Å². The van der Waals surface area contributed by atoms with Crippen LogP contribution in [0, 0.1) is 19.8 Å². The predicted molar refractivity (Wildman–Crippen MR) is 155 cm³/mol. The van der Waals surface area contributed by atoms with Crippen LogP contribution in [0.5, 0.6) is 0 Å². The zero-order valence-electron chi connectivity index (χ0n) is 21.4. The molecular formula is C27H29Cl2N3O5S2. The largest absolute Gasteiger partial charge is 0.326 e. The first kappa shape index (κ1) is 29.4. The number of carbonyl (C=O) groups excluding carboxylic acids is 1. The lowest BCUT2D eigenvalue weighted by Crippen LogP contribution is -2.41. The normalized spacial score (nSPS) is 15.2. The van der Waals surface area contributed by atoms with E-state index < -0.39 is 20.0 Å². The van der Waals surface area contributed by atoms with E-state index in [2.05, 4.69) is 10.0 Å². The maximum atomic E-state index is 12.9. The standard InChI is InChI=1S/C27H29Cl2N3O5S2/c1-18-3-6-24(15-19(18)2)31-39(36,37)25-9-7-23(8-10-25)30-27(33)20-11-13-32(14-12-20)38(34,35)17-21-4-5-22(28)16-26(21)29/h3-10,15-16,20,31H,11-14,17H2,1-2H3,(H,30,33). The van der Waals surface area contributed by atoms with Crippen molar-refractivity contribution < 1.29 is 21.6 Å². The van der Waals surface area contributed by atoms with Gasteiger partial charge in [-0.1, -0.05) is 35.3 Å². The van der Waals surface area contributed by atoms with E-state index in [-0.39, 0.29) is 35.6 Å². The number of halogens is 2. The number of anilines is 2. The molecule has 0 radical (unpaired) electrons. The number of benzene rings is 3. The lowest BCUT2D eigenvalue weighted by Gasteiger charge is -2.30. The summed E-state index contributed by atoms with van der Waals surface area (Å²) >= 11 is 12.0. The van der Waals surface area contributed by atoms with Crippen molar-refractivity contribution in [3.63, 3.8) is 0 Å². The van der Waals surface area contributed by atoms with Crippen LogP contribution in [0.4, 0.5) is 11.4 Å². The van der Waals surface area contributed by atoms with Crippen LogP contribution < -0.4 is 10.0 Å². The second-order valence-electron chi connectivity index (χ2n) is 9.58. The van der Waals surface area contributed by atoms with Crippen LogP contribution in [0.3, 0.4) is 0 Å². The van der Waals surface area contributed by atoms with E-state index >= 15 is 0 Å². The van der Waals surface area contributed by atoms with E-state index in [1.807, 2.05) is 19.9 Å². The summed E-state index contributed by atoms with van der Waals surface area (Å²) < 4.78 is 55.3. The van der Waals surface area contributed by atoms with Gasteiger partial charge in [-0.3, -0.25) is 9.52 Å². The highest BCUT2D eigenvalue weighted by Crippen LogP contribution is 2.27. The predicted octanol–water partition coefficient (Wildman–Crippen LogP) is 5.59.